The fourth-order valence-electron chi connectivity index (χ4n) is 6.75. The molecule has 4 aliphatic rings. The maximum atomic E-state index is 14.7. The van der Waals surface area contributed by atoms with E-state index < -0.39 is 42.4 Å². The van der Waals surface area contributed by atoms with Crippen LogP contribution >= 0.6 is 0 Å². The molecule has 5 atom stereocenters. The first-order valence-electron chi connectivity index (χ1n) is 15.4. The maximum absolute atomic E-state index is 14.7. The standard InChI is InChI=1S/C32H48F2N6O3/c1-20(2)28(36)40(21(3)35)26-15-24-14-25(16-26)39(24)13-12-27(22-10-8-7-9-11-22)37-29(41)23-17-32(33,34)19-38(18-23)30(42)43-31(4,5)6/h7-11,20,23-27,35-36H,12-19H2,1-6H3,(H,37,41)/t23?,24-,25?,26?,27-/m0/s1. The lowest BCUT2D eigenvalue weighted by Gasteiger charge is -2.57. The van der Waals surface area contributed by atoms with Gasteiger partial charge in [0.1, 0.15) is 11.4 Å². The quantitative estimate of drug-likeness (QED) is 0.262. The SMILES string of the molecule is CC(=N)N(C(=N)C(C)C)C1CC2C[C@@H](C1)N2CC[C@H](NC(=O)C1CN(C(=O)OC(C)(C)C)CC(F)(F)C1)c1ccccc1. The zero-order chi connectivity index (χ0) is 31.7. The molecule has 3 heterocycles. The lowest BCUT2D eigenvalue weighted by atomic mass is 9.75. The van der Waals surface area contributed by atoms with Gasteiger partial charge in [-0.25, -0.2) is 13.6 Å². The van der Waals surface area contributed by atoms with Gasteiger partial charge in [0.05, 0.1) is 24.3 Å². The van der Waals surface area contributed by atoms with Crippen molar-refractivity contribution in [2.24, 2.45) is 11.8 Å². The van der Waals surface area contributed by atoms with E-state index in [0.29, 0.717) is 30.2 Å². The summed E-state index contributed by atoms with van der Waals surface area (Å²) in [6.07, 6.45) is 1.99. The normalized spacial score (nSPS) is 25.8. The topological polar surface area (TPSA) is 113 Å². The van der Waals surface area contributed by atoms with Gasteiger partial charge in [0.25, 0.3) is 5.92 Å². The summed E-state index contributed by atoms with van der Waals surface area (Å²) in [7, 11) is 0. The molecule has 238 valence electrons. The Morgan fingerprint density at radius 2 is 1.74 bits per heavy atom. The number of ether oxygens (including phenoxy) is 1. The Balaban J connectivity index is 1.41. The van der Waals surface area contributed by atoms with Gasteiger partial charge >= 0.3 is 6.09 Å². The van der Waals surface area contributed by atoms with Crippen LogP contribution < -0.4 is 5.32 Å². The summed E-state index contributed by atoms with van der Waals surface area (Å²) in [5, 5.41) is 19.9. The van der Waals surface area contributed by atoms with Gasteiger partial charge in [-0.1, -0.05) is 44.2 Å². The van der Waals surface area contributed by atoms with Crippen molar-refractivity contribution < 1.29 is 23.1 Å². The number of alkyl halides is 2. The van der Waals surface area contributed by atoms with E-state index in [1.807, 2.05) is 49.1 Å². The number of nitrogens with zero attached hydrogens (tertiary/aromatic N) is 3. The molecule has 2 bridgehead atoms. The van der Waals surface area contributed by atoms with Crippen LogP contribution in [0.2, 0.25) is 0 Å². The summed E-state index contributed by atoms with van der Waals surface area (Å²) in [6, 6.07) is 10.0. The number of piperidine rings is 2. The molecule has 1 saturated carbocycles. The van der Waals surface area contributed by atoms with Crippen molar-refractivity contribution in [3.05, 3.63) is 35.9 Å². The zero-order valence-electron chi connectivity index (χ0n) is 26.3. The number of carbonyl (C=O) groups excluding carboxylic acids is 2. The molecule has 1 aromatic rings. The van der Waals surface area contributed by atoms with Crippen molar-refractivity contribution in [3.8, 4) is 0 Å². The summed E-state index contributed by atoms with van der Waals surface area (Å²) in [5.41, 5.74) is 0.0732. The molecular weight excluding hydrogens is 554 g/mol. The number of hydrogen-bond donors (Lipinski definition) is 3. The van der Waals surface area contributed by atoms with Crippen molar-refractivity contribution in [1.82, 2.24) is 20.0 Å². The number of amidine groups is 2. The molecule has 1 aliphatic carbocycles. The monoisotopic (exact) mass is 602 g/mol. The van der Waals surface area contributed by atoms with E-state index in [1.54, 1.807) is 27.7 Å². The predicted molar refractivity (Wildman–Crippen MR) is 163 cm³/mol. The molecule has 0 aromatic heterocycles. The summed E-state index contributed by atoms with van der Waals surface area (Å²) in [4.78, 5) is 31.4. The van der Waals surface area contributed by atoms with Crippen LogP contribution in [0.3, 0.4) is 0 Å². The van der Waals surface area contributed by atoms with Crippen LogP contribution in [0.1, 0.15) is 85.3 Å². The highest BCUT2D eigenvalue weighted by Gasteiger charge is 2.48. The molecule has 11 heteroatoms. The summed E-state index contributed by atoms with van der Waals surface area (Å²) in [6.45, 7) is 10.6. The highest BCUT2D eigenvalue weighted by molar-refractivity contribution is 5.98. The first kappa shape index (κ1) is 32.8. The average Bonchev–Trinajstić information content (AvgIpc) is 2.91. The summed E-state index contributed by atoms with van der Waals surface area (Å²) >= 11 is 0. The number of benzene rings is 1. The highest BCUT2D eigenvalue weighted by Crippen LogP contribution is 2.41. The highest BCUT2D eigenvalue weighted by atomic mass is 19.3. The Kier molecular flexibility index (Phi) is 9.83. The van der Waals surface area contributed by atoms with Crippen molar-refractivity contribution in [2.45, 2.75) is 109 Å². The van der Waals surface area contributed by atoms with Crippen LogP contribution in [0.15, 0.2) is 30.3 Å². The van der Waals surface area contributed by atoms with Crippen LogP contribution in [-0.2, 0) is 9.53 Å². The third kappa shape index (κ3) is 8.10. The molecule has 3 unspecified atom stereocenters. The van der Waals surface area contributed by atoms with Crippen LogP contribution in [-0.4, -0.2) is 87.7 Å². The predicted octanol–water partition coefficient (Wildman–Crippen LogP) is 5.66. The van der Waals surface area contributed by atoms with E-state index >= 15 is 0 Å². The Morgan fingerprint density at radius 1 is 1.12 bits per heavy atom. The van der Waals surface area contributed by atoms with E-state index in [4.69, 9.17) is 15.6 Å². The molecule has 0 radical (unpaired) electrons. The van der Waals surface area contributed by atoms with Gasteiger partial charge in [-0.2, -0.15) is 0 Å². The third-order valence-corrected chi connectivity index (χ3v) is 8.73. The number of rotatable bonds is 8. The van der Waals surface area contributed by atoms with Gasteiger partial charge < -0.3 is 19.9 Å². The van der Waals surface area contributed by atoms with Gasteiger partial charge in [0, 0.05) is 43.6 Å². The fourth-order valence-corrected chi connectivity index (χ4v) is 6.75. The zero-order valence-corrected chi connectivity index (χ0v) is 26.3. The lowest BCUT2D eigenvalue weighted by Crippen LogP contribution is -2.65. The van der Waals surface area contributed by atoms with Crippen molar-refractivity contribution in [2.75, 3.05) is 19.6 Å². The number of amides is 2. The van der Waals surface area contributed by atoms with Crippen LogP contribution in [0, 0.1) is 22.7 Å². The Hall–Kier alpha value is -3.08. The molecule has 2 amide bonds. The van der Waals surface area contributed by atoms with Crippen LogP contribution in [0.5, 0.6) is 0 Å². The van der Waals surface area contributed by atoms with E-state index in [-0.39, 0.29) is 24.5 Å². The lowest BCUT2D eigenvalue weighted by molar-refractivity contribution is -0.137. The second-order valence-corrected chi connectivity index (χ2v) is 13.8. The molecule has 3 saturated heterocycles. The number of carbonyl (C=O) groups is 2. The molecule has 9 nitrogen and oxygen atoms in total. The minimum absolute atomic E-state index is 0.0465. The number of hydrogen-bond acceptors (Lipinski definition) is 6. The van der Waals surface area contributed by atoms with Crippen LogP contribution in [0.4, 0.5) is 13.6 Å². The number of nitrogens with one attached hydrogen (secondary N) is 3. The van der Waals surface area contributed by atoms with Gasteiger partial charge in [-0.15, -0.1) is 0 Å². The van der Waals surface area contributed by atoms with Crippen molar-refractivity contribution >= 4 is 23.7 Å². The Morgan fingerprint density at radius 3 is 2.30 bits per heavy atom. The first-order valence-corrected chi connectivity index (χ1v) is 15.4. The fraction of sp³-hybridized carbons (Fsp3) is 0.688. The van der Waals surface area contributed by atoms with Crippen molar-refractivity contribution in [3.63, 3.8) is 0 Å². The van der Waals surface area contributed by atoms with Gasteiger partial charge in [0.2, 0.25) is 5.91 Å². The molecule has 0 spiro atoms. The maximum Gasteiger partial charge on any atom is 0.410 e. The largest absolute Gasteiger partial charge is 0.444 e. The van der Waals surface area contributed by atoms with E-state index in [2.05, 4.69) is 10.2 Å². The molecule has 1 aromatic carbocycles. The minimum Gasteiger partial charge on any atom is -0.444 e. The van der Waals surface area contributed by atoms with Crippen molar-refractivity contribution in [1.29, 1.82) is 10.8 Å². The molecule has 3 N–H and O–H groups in total. The van der Waals surface area contributed by atoms with Gasteiger partial charge in [-0.3, -0.25) is 20.5 Å². The summed E-state index contributed by atoms with van der Waals surface area (Å²) < 4.78 is 34.8. The second-order valence-electron chi connectivity index (χ2n) is 13.8. The van der Waals surface area contributed by atoms with Gasteiger partial charge in [-0.05, 0) is 58.9 Å². The molecular formula is C32H48F2N6O3. The van der Waals surface area contributed by atoms with E-state index in [9.17, 15) is 18.4 Å². The van der Waals surface area contributed by atoms with Crippen LogP contribution in [0.25, 0.3) is 0 Å². The molecule has 4 fully saturated rings. The number of likely N-dealkylation sites (tertiary alicyclic amines) is 1. The van der Waals surface area contributed by atoms with E-state index in [1.165, 1.54) is 0 Å². The Labute approximate surface area is 254 Å². The number of halogens is 2. The molecule has 3 aliphatic heterocycles. The smallest absolute Gasteiger partial charge is 0.410 e. The third-order valence-electron chi connectivity index (χ3n) is 8.73. The molecule has 43 heavy (non-hydrogen) atoms. The van der Waals surface area contributed by atoms with Gasteiger partial charge in [0.15, 0.2) is 0 Å². The summed E-state index contributed by atoms with van der Waals surface area (Å²) in [5.74, 6) is -3.81. The average molecular weight is 603 g/mol. The second kappa shape index (κ2) is 12.9. The minimum atomic E-state index is -3.19. The molecule has 5 rings (SSSR count). The first-order chi connectivity index (χ1) is 20.0. The van der Waals surface area contributed by atoms with E-state index in [0.717, 1.165) is 36.3 Å². The Bertz CT molecular complexity index is 1180. The number of fused-ring (bicyclic) bond motifs is 2.